The van der Waals surface area contributed by atoms with Crippen molar-refractivity contribution in [1.29, 1.82) is 0 Å². The summed E-state index contributed by atoms with van der Waals surface area (Å²) in [5.41, 5.74) is 0. The van der Waals surface area contributed by atoms with Gasteiger partial charge in [0.15, 0.2) is 0 Å². The molecule has 0 saturated heterocycles. The quantitative estimate of drug-likeness (QED) is 0.271. The molecule has 6 aromatic carbocycles. The predicted octanol–water partition coefficient (Wildman–Crippen LogP) is 5.10. The fourth-order valence-corrected chi connectivity index (χ4v) is 9.63. The average Bonchev–Trinajstić information content (AvgIpc) is 2.80. The first kappa shape index (κ1) is 16.8. The van der Waals surface area contributed by atoms with Gasteiger partial charge in [-0.15, -0.1) is 0 Å². The van der Waals surface area contributed by atoms with Crippen LogP contribution >= 0.6 is 0 Å². The number of benzene rings is 6. The summed E-state index contributed by atoms with van der Waals surface area (Å²) in [4.78, 5) is 0. The van der Waals surface area contributed by atoms with Crippen molar-refractivity contribution in [2.45, 2.75) is 0 Å². The molecule has 29 heavy (non-hydrogen) atoms. The van der Waals surface area contributed by atoms with Crippen LogP contribution in [-0.4, -0.2) is 14.7 Å². The second-order valence-corrected chi connectivity index (χ2v) is 12.0. The standard InChI is InChI=1S/C28H19As/c1-3-10-23(11-4-1)29(24-12-5-2-6-13-24)26-19-17-22-15-14-20-8-7-9-21-16-18-25(26)28(22)27(20)21/h1-19H. The van der Waals surface area contributed by atoms with E-state index in [1.807, 2.05) is 0 Å². The molecule has 0 aliphatic heterocycles. The van der Waals surface area contributed by atoms with Gasteiger partial charge < -0.3 is 0 Å². The maximum atomic E-state index is 2.39. The van der Waals surface area contributed by atoms with Crippen molar-refractivity contribution in [2.75, 3.05) is 0 Å². The minimum absolute atomic E-state index is 1.33. The van der Waals surface area contributed by atoms with Crippen LogP contribution in [0.4, 0.5) is 0 Å². The van der Waals surface area contributed by atoms with Crippen LogP contribution < -0.4 is 13.1 Å². The van der Waals surface area contributed by atoms with Crippen LogP contribution in [0.15, 0.2) is 115 Å². The molecule has 0 heterocycles. The molecule has 0 aliphatic carbocycles. The summed E-state index contributed by atoms with van der Waals surface area (Å²) in [6, 6.07) is 42.7. The van der Waals surface area contributed by atoms with E-state index >= 15 is 0 Å². The van der Waals surface area contributed by atoms with E-state index in [9.17, 15) is 0 Å². The number of rotatable bonds is 3. The van der Waals surface area contributed by atoms with Gasteiger partial charge in [0.1, 0.15) is 0 Å². The minimum atomic E-state index is -1.66. The zero-order valence-corrected chi connectivity index (χ0v) is 17.8. The second kappa shape index (κ2) is 6.76. The topological polar surface area (TPSA) is 0 Å². The van der Waals surface area contributed by atoms with Gasteiger partial charge in [-0.25, -0.2) is 0 Å². The molecule has 0 aromatic heterocycles. The summed E-state index contributed by atoms with van der Waals surface area (Å²) in [6.07, 6.45) is 0. The molecule has 0 bridgehead atoms. The van der Waals surface area contributed by atoms with Gasteiger partial charge in [-0.3, -0.25) is 0 Å². The zero-order chi connectivity index (χ0) is 19.2. The predicted molar refractivity (Wildman–Crippen MR) is 128 cm³/mol. The van der Waals surface area contributed by atoms with E-state index < -0.39 is 14.7 Å². The molecule has 0 radical (unpaired) electrons. The zero-order valence-electron chi connectivity index (χ0n) is 15.9. The van der Waals surface area contributed by atoms with Crippen LogP contribution in [0.5, 0.6) is 0 Å². The third-order valence-corrected chi connectivity index (χ3v) is 11.0. The van der Waals surface area contributed by atoms with Crippen molar-refractivity contribution in [3.05, 3.63) is 115 Å². The average molecular weight is 430 g/mol. The first-order chi connectivity index (χ1) is 14.4. The van der Waals surface area contributed by atoms with E-state index in [1.54, 1.807) is 0 Å². The molecule has 0 unspecified atom stereocenters. The first-order valence-electron chi connectivity index (χ1n) is 9.97. The third kappa shape index (κ3) is 2.68. The molecule has 0 amide bonds. The molecular formula is C28H19As. The SMILES string of the molecule is c1ccc([As](c2ccccc2)c2ccc3ccc4cccc5ccc2c3c45)cc1. The van der Waals surface area contributed by atoms with Gasteiger partial charge >= 0.3 is 175 Å². The van der Waals surface area contributed by atoms with E-state index in [2.05, 4.69) is 115 Å². The van der Waals surface area contributed by atoms with Crippen LogP contribution in [0.25, 0.3) is 32.3 Å². The fraction of sp³-hybridized carbons (Fsp3) is 0. The van der Waals surface area contributed by atoms with Gasteiger partial charge in [0.25, 0.3) is 0 Å². The first-order valence-corrected chi connectivity index (χ1v) is 12.8. The van der Waals surface area contributed by atoms with E-state index in [-0.39, 0.29) is 0 Å². The normalized spacial score (nSPS) is 11.8. The molecule has 0 spiro atoms. The van der Waals surface area contributed by atoms with E-state index in [0.717, 1.165) is 0 Å². The van der Waals surface area contributed by atoms with Gasteiger partial charge in [0.2, 0.25) is 0 Å². The Bertz CT molecular complexity index is 1380. The number of hydrogen-bond donors (Lipinski definition) is 0. The van der Waals surface area contributed by atoms with Gasteiger partial charge in [-0.05, 0) is 0 Å². The Morgan fingerprint density at radius 3 is 1.52 bits per heavy atom. The molecule has 136 valence electrons. The Labute approximate surface area is 175 Å². The van der Waals surface area contributed by atoms with Crippen molar-refractivity contribution < 1.29 is 0 Å². The Balaban J connectivity index is 1.72. The van der Waals surface area contributed by atoms with E-state index in [0.29, 0.717) is 0 Å². The van der Waals surface area contributed by atoms with Crippen molar-refractivity contribution >= 4 is 60.0 Å². The Hall–Kier alpha value is -3.08. The molecule has 6 rings (SSSR count). The fourth-order valence-electron chi connectivity index (χ4n) is 4.50. The second-order valence-electron chi connectivity index (χ2n) is 7.45. The molecule has 6 aromatic rings. The molecule has 0 N–H and O–H groups in total. The summed E-state index contributed by atoms with van der Waals surface area (Å²) in [5, 5.41) is 8.24. The van der Waals surface area contributed by atoms with Crippen molar-refractivity contribution in [3.8, 4) is 0 Å². The van der Waals surface area contributed by atoms with Gasteiger partial charge in [-0.1, -0.05) is 0 Å². The Morgan fingerprint density at radius 2 is 0.897 bits per heavy atom. The van der Waals surface area contributed by atoms with Gasteiger partial charge in [-0.2, -0.15) is 0 Å². The summed E-state index contributed by atoms with van der Waals surface area (Å²) in [5.74, 6) is 0. The Kier molecular flexibility index (Phi) is 3.92. The van der Waals surface area contributed by atoms with Crippen LogP contribution in [0, 0.1) is 0 Å². The van der Waals surface area contributed by atoms with Crippen LogP contribution in [0.2, 0.25) is 0 Å². The van der Waals surface area contributed by atoms with Gasteiger partial charge in [0, 0.05) is 0 Å². The third-order valence-electron chi connectivity index (χ3n) is 5.78. The van der Waals surface area contributed by atoms with Crippen molar-refractivity contribution in [3.63, 3.8) is 0 Å². The van der Waals surface area contributed by atoms with Crippen LogP contribution in [0.3, 0.4) is 0 Å². The van der Waals surface area contributed by atoms with Crippen LogP contribution in [-0.2, 0) is 0 Å². The molecule has 0 saturated carbocycles. The molecule has 0 atom stereocenters. The maximum absolute atomic E-state index is 2.39. The summed E-state index contributed by atoms with van der Waals surface area (Å²) < 4.78 is 4.46. The van der Waals surface area contributed by atoms with E-state index in [1.165, 1.54) is 45.4 Å². The Morgan fingerprint density at radius 1 is 0.379 bits per heavy atom. The van der Waals surface area contributed by atoms with Crippen LogP contribution in [0.1, 0.15) is 0 Å². The van der Waals surface area contributed by atoms with Crippen molar-refractivity contribution in [2.24, 2.45) is 0 Å². The summed E-state index contributed by atoms with van der Waals surface area (Å²) in [6.45, 7) is 0. The molecule has 0 aliphatic rings. The molecule has 0 nitrogen and oxygen atoms in total. The van der Waals surface area contributed by atoms with Gasteiger partial charge in [0.05, 0.1) is 0 Å². The molecule has 1 heteroatoms. The van der Waals surface area contributed by atoms with E-state index in [4.69, 9.17) is 0 Å². The molecule has 0 fully saturated rings. The monoisotopic (exact) mass is 430 g/mol. The summed E-state index contributed by atoms with van der Waals surface area (Å²) in [7, 11) is 0. The molecular weight excluding hydrogens is 411 g/mol. The van der Waals surface area contributed by atoms with Crippen molar-refractivity contribution in [1.82, 2.24) is 0 Å². The number of hydrogen-bond acceptors (Lipinski definition) is 0. The summed E-state index contributed by atoms with van der Waals surface area (Å²) >= 11 is -1.66.